The Morgan fingerprint density at radius 2 is 1.71 bits per heavy atom. The molecule has 0 fully saturated rings. The average Bonchev–Trinajstić information content (AvgIpc) is 3.46. The van der Waals surface area contributed by atoms with Crippen LogP contribution in [0.15, 0.2) is 79.3 Å². The van der Waals surface area contributed by atoms with Crippen LogP contribution in [0.5, 0.6) is 11.5 Å². The summed E-state index contributed by atoms with van der Waals surface area (Å²) in [5.74, 6) is 1.59. The molecule has 0 radical (unpaired) electrons. The molecule has 0 aliphatic rings. The second-order valence-electron chi connectivity index (χ2n) is 6.70. The minimum atomic E-state index is -0.291. The highest BCUT2D eigenvalue weighted by atomic mass is 16.5. The largest absolute Gasteiger partial charge is 0.494 e. The Morgan fingerprint density at radius 1 is 0.968 bits per heavy atom. The van der Waals surface area contributed by atoms with Gasteiger partial charge in [-0.15, -0.1) is 0 Å². The third-order valence-electron chi connectivity index (χ3n) is 4.65. The molecule has 0 atom stereocenters. The monoisotopic (exact) mass is 416 g/mol. The van der Waals surface area contributed by atoms with Crippen LogP contribution in [-0.4, -0.2) is 33.5 Å². The number of anilines is 1. The minimum Gasteiger partial charge on any atom is -0.494 e. The van der Waals surface area contributed by atoms with Gasteiger partial charge in [0.15, 0.2) is 5.82 Å². The molecular weight excluding hydrogens is 392 g/mol. The molecule has 1 amide bonds. The maximum atomic E-state index is 13.3. The number of nitrogens with zero attached hydrogens (tertiary/aromatic N) is 3. The third-order valence-corrected chi connectivity index (χ3v) is 4.65. The lowest BCUT2D eigenvalue weighted by Gasteiger charge is -2.14. The lowest BCUT2D eigenvalue weighted by molar-refractivity contribution is 0.102. The van der Waals surface area contributed by atoms with Crippen molar-refractivity contribution in [3.05, 3.63) is 84.8 Å². The molecule has 7 nitrogen and oxygen atoms in total. The Hall–Kier alpha value is -4.00. The second-order valence-corrected chi connectivity index (χ2v) is 6.70. The quantitative estimate of drug-likeness (QED) is 0.451. The molecule has 4 aromatic rings. The van der Waals surface area contributed by atoms with E-state index in [2.05, 4.69) is 10.4 Å². The first-order valence-corrected chi connectivity index (χ1v) is 10.2. The van der Waals surface area contributed by atoms with Gasteiger partial charge in [0.1, 0.15) is 17.1 Å². The highest BCUT2D eigenvalue weighted by Crippen LogP contribution is 2.30. The van der Waals surface area contributed by atoms with Gasteiger partial charge in [0.2, 0.25) is 0 Å². The molecule has 158 valence electrons. The number of carbonyl (C=O) groups is 1. The first-order valence-electron chi connectivity index (χ1n) is 10.2. The van der Waals surface area contributed by atoms with Crippen LogP contribution in [0.4, 0.5) is 5.69 Å². The summed E-state index contributed by atoms with van der Waals surface area (Å²) in [6.45, 7) is 4.83. The maximum Gasteiger partial charge on any atom is 0.261 e. The lowest BCUT2D eigenvalue weighted by Crippen LogP contribution is -2.16. The van der Waals surface area contributed by atoms with Crippen LogP contribution < -0.4 is 14.8 Å². The Bertz CT molecular complexity index is 1150. The number of carbonyl (C=O) groups excluding carboxylic acids is 1. The van der Waals surface area contributed by atoms with Crippen LogP contribution in [0, 0.1) is 0 Å². The number of nitrogens with one attached hydrogen (secondary N) is 1. The van der Waals surface area contributed by atoms with Crippen molar-refractivity contribution in [2.75, 3.05) is 18.5 Å². The van der Waals surface area contributed by atoms with Crippen LogP contribution in [-0.2, 0) is 0 Å². The zero-order valence-electron chi connectivity index (χ0n) is 17.5. The Labute approximate surface area is 180 Å². The number of benzene rings is 2. The van der Waals surface area contributed by atoms with Gasteiger partial charge in [0.25, 0.3) is 5.91 Å². The molecule has 0 bridgehead atoms. The first-order chi connectivity index (χ1) is 15.2. The zero-order chi connectivity index (χ0) is 21.6. The SMILES string of the molecule is CCOc1ccc(OCC)c(NC(=O)c2cnn(-c3ccccc3)c2-n2cccc2)c1. The van der Waals surface area contributed by atoms with E-state index in [9.17, 15) is 4.79 Å². The van der Waals surface area contributed by atoms with E-state index in [1.807, 2.05) is 79.3 Å². The van der Waals surface area contributed by atoms with E-state index in [0.717, 1.165) is 5.69 Å². The third kappa shape index (κ3) is 4.30. The van der Waals surface area contributed by atoms with E-state index >= 15 is 0 Å². The summed E-state index contributed by atoms with van der Waals surface area (Å²) in [5.41, 5.74) is 1.84. The fourth-order valence-corrected chi connectivity index (χ4v) is 3.32. The fourth-order valence-electron chi connectivity index (χ4n) is 3.32. The number of hydrogen-bond donors (Lipinski definition) is 1. The van der Waals surface area contributed by atoms with Crippen LogP contribution in [0.2, 0.25) is 0 Å². The molecule has 0 saturated carbocycles. The first kappa shape index (κ1) is 20.3. The highest BCUT2D eigenvalue weighted by molar-refractivity contribution is 6.07. The van der Waals surface area contributed by atoms with Crippen molar-refractivity contribution >= 4 is 11.6 Å². The molecule has 7 heteroatoms. The molecule has 0 aliphatic heterocycles. The topological polar surface area (TPSA) is 70.3 Å². The van der Waals surface area contributed by atoms with Crippen LogP contribution in [0.25, 0.3) is 11.5 Å². The Balaban J connectivity index is 1.73. The smallest absolute Gasteiger partial charge is 0.261 e. The van der Waals surface area contributed by atoms with Crippen molar-refractivity contribution in [1.82, 2.24) is 14.3 Å². The van der Waals surface area contributed by atoms with Gasteiger partial charge in [-0.1, -0.05) is 18.2 Å². The van der Waals surface area contributed by atoms with Gasteiger partial charge in [-0.2, -0.15) is 5.10 Å². The summed E-state index contributed by atoms with van der Waals surface area (Å²) in [7, 11) is 0. The molecular formula is C24H24N4O3. The number of hydrogen-bond acceptors (Lipinski definition) is 4. The van der Waals surface area contributed by atoms with Crippen molar-refractivity contribution < 1.29 is 14.3 Å². The number of para-hydroxylation sites is 1. The molecule has 0 unspecified atom stereocenters. The van der Waals surface area contributed by atoms with Gasteiger partial charge in [-0.3, -0.25) is 4.79 Å². The van der Waals surface area contributed by atoms with Gasteiger partial charge in [0.05, 0.1) is 30.8 Å². The summed E-state index contributed by atoms with van der Waals surface area (Å²) in [6, 6.07) is 18.9. The van der Waals surface area contributed by atoms with Crippen LogP contribution >= 0.6 is 0 Å². The van der Waals surface area contributed by atoms with E-state index in [1.54, 1.807) is 23.0 Å². The number of ether oxygens (including phenoxy) is 2. The van der Waals surface area contributed by atoms with Crippen molar-refractivity contribution in [3.63, 3.8) is 0 Å². The van der Waals surface area contributed by atoms with Crippen LogP contribution in [0.1, 0.15) is 24.2 Å². The molecule has 0 spiro atoms. The van der Waals surface area contributed by atoms with Crippen LogP contribution in [0.3, 0.4) is 0 Å². The standard InChI is InChI=1S/C24H24N4O3/c1-3-30-19-12-13-22(31-4-2)21(16-19)26-23(29)20-17-25-28(18-10-6-5-7-11-18)24(20)27-14-8-9-15-27/h5-17H,3-4H2,1-2H3,(H,26,29). The number of rotatable bonds is 8. The van der Waals surface area contributed by atoms with E-state index in [1.165, 1.54) is 0 Å². The van der Waals surface area contributed by atoms with Gasteiger partial charge < -0.3 is 19.4 Å². The summed E-state index contributed by atoms with van der Waals surface area (Å²) < 4.78 is 14.9. The normalized spacial score (nSPS) is 10.6. The molecule has 1 N–H and O–H groups in total. The lowest BCUT2D eigenvalue weighted by atomic mass is 10.2. The van der Waals surface area contributed by atoms with Crippen molar-refractivity contribution in [3.8, 4) is 23.0 Å². The van der Waals surface area contributed by atoms with Gasteiger partial charge >= 0.3 is 0 Å². The predicted molar refractivity (Wildman–Crippen MR) is 120 cm³/mol. The van der Waals surface area contributed by atoms with Gasteiger partial charge in [-0.25, -0.2) is 4.68 Å². The van der Waals surface area contributed by atoms with E-state index < -0.39 is 0 Å². The molecule has 2 aromatic heterocycles. The zero-order valence-corrected chi connectivity index (χ0v) is 17.5. The fraction of sp³-hybridized carbons (Fsp3) is 0.167. The summed E-state index contributed by atoms with van der Waals surface area (Å²) in [4.78, 5) is 13.3. The Kier molecular flexibility index (Phi) is 6.03. The predicted octanol–water partition coefficient (Wildman–Crippen LogP) is 4.71. The number of amides is 1. The molecule has 0 aliphatic carbocycles. The summed E-state index contributed by atoms with van der Waals surface area (Å²) in [6.07, 6.45) is 5.34. The molecule has 4 rings (SSSR count). The van der Waals surface area contributed by atoms with E-state index in [0.29, 0.717) is 41.8 Å². The Morgan fingerprint density at radius 3 is 2.42 bits per heavy atom. The van der Waals surface area contributed by atoms with Gasteiger partial charge in [-0.05, 0) is 50.2 Å². The highest BCUT2D eigenvalue weighted by Gasteiger charge is 2.21. The number of aromatic nitrogens is 3. The maximum absolute atomic E-state index is 13.3. The molecule has 2 aromatic carbocycles. The van der Waals surface area contributed by atoms with E-state index in [4.69, 9.17) is 9.47 Å². The van der Waals surface area contributed by atoms with Crippen molar-refractivity contribution in [2.45, 2.75) is 13.8 Å². The van der Waals surface area contributed by atoms with E-state index in [-0.39, 0.29) is 5.91 Å². The molecule has 31 heavy (non-hydrogen) atoms. The summed E-state index contributed by atoms with van der Waals surface area (Å²) >= 11 is 0. The van der Waals surface area contributed by atoms with Gasteiger partial charge in [0, 0.05) is 18.5 Å². The minimum absolute atomic E-state index is 0.291. The second kappa shape index (κ2) is 9.21. The average molecular weight is 416 g/mol. The van der Waals surface area contributed by atoms with Crippen molar-refractivity contribution in [1.29, 1.82) is 0 Å². The molecule has 2 heterocycles. The molecule has 0 saturated heterocycles. The van der Waals surface area contributed by atoms with Crippen molar-refractivity contribution in [2.24, 2.45) is 0 Å². The summed E-state index contributed by atoms with van der Waals surface area (Å²) in [5, 5.41) is 7.46.